The molecule has 3 aromatic carbocycles. The monoisotopic (exact) mass is 548 g/mol. The quantitative estimate of drug-likeness (QED) is 0.229. The molecular weight excluding hydrogens is 520 g/mol. The number of amides is 1. The summed E-state index contributed by atoms with van der Waals surface area (Å²) in [5.41, 5.74) is 4.41. The van der Waals surface area contributed by atoms with Crippen LogP contribution in [0.15, 0.2) is 88.6 Å². The number of carbonyl (C=O) groups excluding carboxylic acids is 1. The molecule has 1 aliphatic heterocycles. The van der Waals surface area contributed by atoms with Gasteiger partial charge in [0.1, 0.15) is 18.4 Å². The van der Waals surface area contributed by atoms with Crippen LogP contribution in [0.2, 0.25) is 0 Å². The Balaban J connectivity index is 1.41. The van der Waals surface area contributed by atoms with Crippen LogP contribution in [0.3, 0.4) is 0 Å². The van der Waals surface area contributed by atoms with Crippen molar-refractivity contribution in [3.63, 3.8) is 0 Å². The topological polar surface area (TPSA) is 134 Å². The summed E-state index contributed by atoms with van der Waals surface area (Å²) in [5, 5.41) is 12.5. The number of hydrogen-bond donors (Lipinski definition) is 3. The fourth-order valence-corrected chi connectivity index (χ4v) is 6.31. The van der Waals surface area contributed by atoms with Crippen molar-refractivity contribution in [3.8, 4) is 5.75 Å². The number of benzene rings is 3. The summed E-state index contributed by atoms with van der Waals surface area (Å²) in [6, 6.07) is 21.4. The third kappa shape index (κ3) is 5.24. The molecule has 202 valence electrons. The highest BCUT2D eigenvalue weighted by Crippen LogP contribution is 2.33. The first-order valence-corrected chi connectivity index (χ1v) is 13.8. The molecule has 3 N–H and O–H groups in total. The summed E-state index contributed by atoms with van der Waals surface area (Å²) < 4.78 is 35.5. The Hall–Kier alpha value is -4.19. The molecule has 4 aromatic rings. The van der Waals surface area contributed by atoms with E-state index in [-0.39, 0.29) is 30.0 Å². The van der Waals surface area contributed by atoms with Gasteiger partial charge in [-0.2, -0.15) is 4.31 Å². The SMILES string of the molecule is Cc1ccccc1COc1ccc(S(=O)(=O)N2CCc3[nH]n(Cc4ccccc4)c(=O)c3C2C(=O)NO)cc1. The molecule has 11 heteroatoms. The van der Waals surface area contributed by atoms with E-state index in [1.165, 1.54) is 22.3 Å². The second kappa shape index (κ2) is 10.9. The van der Waals surface area contributed by atoms with Crippen LogP contribution in [-0.4, -0.2) is 40.2 Å². The van der Waals surface area contributed by atoms with Crippen molar-refractivity contribution in [1.29, 1.82) is 0 Å². The van der Waals surface area contributed by atoms with E-state index in [4.69, 9.17) is 4.74 Å². The lowest BCUT2D eigenvalue weighted by Gasteiger charge is -2.32. The highest BCUT2D eigenvalue weighted by atomic mass is 32.2. The minimum absolute atomic E-state index is 0.00881. The first-order chi connectivity index (χ1) is 18.8. The van der Waals surface area contributed by atoms with Gasteiger partial charge in [-0.15, -0.1) is 0 Å². The number of H-pyrrole nitrogens is 1. The van der Waals surface area contributed by atoms with Crippen molar-refractivity contribution in [2.24, 2.45) is 0 Å². The van der Waals surface area contributed by atoms with Crippen LogP contribution < -0.4 is 15.8 Å². The number of carbonyl (C=O) groups is 1. The molecule has 1 amide bonds. The molecule has 0 spiro atoms. The van der Waals surface area contributed by atoms with Crippen LogP contribution in [0, 0.1) is 6.92 Å². The Bertz CT molecular complexity index is 1650. The molecule has 1 unspecified atom stereocenters. The standard InChI is InChI=1S/C28H28N4O6S/c1-19-7-5-6-10-21(19)18-38-22-11-13-23(14-12-22)39(36,37)32-16-15-24-25(26(32)27(33)30-35)28(34)31(29-24)17-20-8-3-2-4-9-20/h2-14,26,29,35H,15-18H2,1H3,(H,30,33). The second-order valence-corrected chi connectivity index (χ2v) is 11.2. The average molecular weight is 549 g/mol. The van der Waals surface area contributed by atoms with Crippen LogP contribution in [-0.2, 0) is 34.4 Å². The zero-order chi connectivity index (χ0) is 27.6. The Morgan fingerprint density at radius 3 is 2.44 bits per heavy atom. The number of ether oxygens (including phenoxy) is 1. The summed E-state index contributed by atoms with van der Waals surface area (Å²) >= 11 is 0. The Morgan fingerprint density at radius 2 is 1.74 bits per heavy atom. The molecule has 5 rings (SSSR count). The van der Waals surface area contributed by atoms with E-state index < -0.39 is 27.5 Å². The van der Waals surface area contributed by atoms with Gasteiger partial charge in [-0.05, 0) is 47.9 Å². The van der Waals surface area contributed by atoms with Crippen LogP contribution in [0.1, 0.15) is 34.0 Å². The lowest BCUT2D eigenvalue weighted by Crippen LogP contribution is -2.48. The van der Waals surface area contributed by atoms with E-state index >= 15 is 0 Å². The molecule has 39 heavy (non-hydrogen) atoms. The molecule has 0 saturated heterocycles. The highest BCUT2D eigenvalue weighted by Gasteiger charge is 2.43. The number of rotatable bonds is 8. The van der Waals surface area contributed by atoms with Gasteiger partial charge in [0.25, 0.3) is 11.5 Å². The van der Waals surface area contributed by atoms with Crippen molar-refractivity contribution in [2.75, 3.05) is 6.54 Å². The van der Waals surface area contributed by atoms with Crippen molar-refractivity contribution in [1.82, 2.24) is 19.6 Å². The first-order valence-electron chi connectivity index (χ1n) is 12.4. The van der Waals surface area contributed by atoms with Gasteiger partial charge in [-0.25, -0.2) is 18.6 Å². The van der Waals surface area contributed by atoms with Crippen molar-refractivity contribution < 1.29 is 23.2 Å². The van der Waals surface area contributed by atoms with Gasteiger partial charge in [-0.3, -0.25) is 19.9 Å². The van der Waals surface area contributed by atoms with Gasteiger partial charge in [0, 0.05) is 18.7 Å². The molecule has 0 bridgehead atoms. The minimum atomic E-state index is -4.22. The van der Waals surface area contributed by atoms with E-state index in [2.05, 4.69) is 5.10 Å². The zero-order valence-corrected chi connectivity index (χ0v) is 22.0. The summed E-state index contributed by atoms with van der Waals surface area (Å²) in [7, 11) is -4.22. The van der Waals surface area contributed by atoms with Gasteiger partial charge in [0.05, 0.1) is 17.0 Å². The molecule has 2 heterocycles. The number of nitrogens with one attached hydrogen (secondary N) is 2. The Morgan fingerprint density at radius 1 is 1.05 bits per heavy atom. The summed E-state index contributed by atoms with van der Waals surface area (Å²) in [5.74, 6) is -0.530. The van der Waals surface area contributed by atoms with E-state index in [9.17, 15) is 23.2 Å². The first kappa shape index (κ1) is 26.4. The van der Waals surface area contributed by atoms with E-state index in [1.807, 2.05) is 61.5 Å². The zero-order valence-electron chi connectivity index (χ0n) is 21.2. The lowest BCUT2D eigenvalue weighted by atomic mass is 10.0. The number of sulfonamides is 1. The molecule has 0 fully saturated rings. The average Bonchev–Trinajstić information content (AvgIpc) is 3.27. The third-order valence-electron chi connectivity index (χ3n) is 6.84. The molecular formula is C28H28N4O6S. The van der Waals surface area contributed by atoms with Gasteiger partial charge < -0.3 is 4.74 Å². The molecule has 1 atom stereocenters. The number of fused-ring (bicyclic) bond motifs is 1. The molecule has 1 aliphatic rings. The Labute approximate surface area is 225 Å². The second-order valence-electron chi connectivity index (χ2n) is 9.31. The summed E-state index contributed by atoms with van der Waals surface area (Å²) in [6.45, 7) is 2.47. The van der Waals surface area contributed by atoms with Crippen LogP contribution in [0.25, 0.3) is 0 Å². The predicted octanol–water partition coefficient (Wildman–Crippen LogP) is 2.91. The van der Waals surface area contributed by atoms with Crippen molar-refractivity contribution in [3.05, 3.63) is 117 Å². The fourth-order valence-electron chi connectivity index (χ4n) is 4.75. The van der Waals surface area contributed by atoms with Gasteiger partial charge in [-0.1, -0.05) is 54.6 Å². The van der Waals surface area contributed by atoms with E-state index in [1.54, 1.807) is 12.1 Å². The summed E-state index contributed by atoms with van der Waals surface area (Å²) in [6.07, 6.45) is 0.193. The number of aromatic amines is 1. The molecule has 0 radical (unpaired) electrons. The number of hydroxylamine groups is 1. The summed E-state index contributed by atoms with van der Waals surface area (Å²) in [4.78, 5) is 26.1. The van der Waals surface area contributed by atoms with Gasteiger partial charge in [0.15, 0.2) is 0 Å². The third-order valence-corrected chi connectivity index (χ3v) is 8.72. The van der Waals surface area contributed by atoms with Crippen molar-refractivity contribution in [2.45, 2.75) is 37.4 Å². The number of aryl methyl sites for hydroxylation is 1. The van der Waals surface area contributed by atoms with Crippen molar-refractivity contribution >= 4 is 15.9 Å². The van der Waals surface area contributed by atoms with Gasteiger partial charge in [0.2, 0.25) is 10.0 Å². The molecule has 0 aliphatic carbocycles. The maximum absolute atomic E-state index is 13.7. The molecule has 0 saturated carbocycles. The van der Waals surface area contributed by atoms with E-state index in [0.29, 0.717) is 18.1 Å². The number of hydrogen-bond acceptors (Lipinski definition) is 6. The molecule has 1 aromatic heterocycles. The van der Waals surface area contributed by atoms with Crippen LogP contribution in [0.5, 0.6) is 5.75 Å². The predicted molar refractivity (Wildman–Crippen MR) is 143 cm³/mol. The maximum atomic E-state index is 13.7. The fraction of sp³-hybridized carbons (Fsp3) is 0.214. The molecule has 10 nitrogen and oxygen atoms in total. The van der Waals surface area contributed by atoms with Crippen LogP contribution in [0.4, 0.5) is 0 Å². The normalized spacial score (nSPS) is 15.5. The lowest BCUT2D eigenvalue weighted by molar-refractivity contribution is -0.133. The largest absolute Gasteiger partial charge is 0.489 e. The smallest absolute Gasteiger partial charge is 0.272 e. The number of nitrogens with zero attached hydrogens (tertiary/aromatic N) is 2. The minimum Gasteiger partial charge on any atom is -0.489 e. The maximum Gasteiger partial charge on any atom is 0.272 e. The van der Waals surface area contributed by atoms with Crippen LogP contribution >= 0.6 is 0 Å². The van der Waals surface area contributed by atoms with Gasteiger partial charge >= 0.3 is 0 Å². The highest BCUT2D eigenvalue weighted by molar-refractivity contribution is 7.89. The number of aromatic nitrogens is 2. The Kier molecular flexibility index (Phi) is 7.38. The van der Waals surface area contributed by atoms with E-state index in [0.717, 1.165) is 21.0 Å².